The van der Waals surface area contributed by atoms with E-state index in [9.17, 15) is 13.2 Å². The van der Waals surface area contributed by atoms with E-state index >= 15 is 0 Å². The molecule has 1 aliphatic heterocycles. The fourth-order valence-corrected chi connectivity index (χ4v) is 8.75. The molecule has 0 radical (unpaired) electrons. The molecule has 256 valence electrons. The summed E-state index contributed by atoms with van der Waals surface area (Å²) in [6, 6.07) is 22.1. The molecule has 10 nitrogen and oxygen atoms in total. The molecule has 6 rings (SSSR count). The number of hydrogen-bond acceptors (Lipinski definition) is 8. The lowest BCUT2D eigenvalue weighted by molar-refractivity contribution is 0.0336. The SMILES string of the molecule is COc1c(NC(=O)Nc2ccc(-c3ccc(CN4CCOCC4)nc3)c3ccccc23)cc(C(C)(C)C)cc1NS(=O)(=O)c1ccc(Br)s1. The number of sulfonamides is 1. The molecule has 2 aromatic heterocycles. The summed E-state index contributed by atoms with van der Waals surface area (Å²) in [4.78, 5) is 20.7. The van der Waals surface area contributed by atoms with Crippen LogP contribution in [0, 0.1) is 0 Å². The lowest BCUT2D eigenvalue weighted by Gasteiger charge is -2.26. The van der Waals surface area contributed by atoms with Gasteiger partial charge in [-0.15, -0.1) is 11.3 Å². The number of nitrogens with one attached hydrogen (secondary N) is 3. The maximum Gasteiger partial charge on any atom is 0.323 e. The number of carbonyl (C=O) groups excluding carboxylic acids is 1. The Morgan fingerprint density at radius 1 is 0.959 bits per heavy atom. The number of benzene rings is 3. The number of halogens is 1. The molecular formula is C36H38BrN5O5S2. The van der Waals surface area contributed by atoms with E-state index in [1.807, 2.05) is 63.4 Å². The Morgan fingerprint density at radius 3 is 2.33 bits per heavy atom. The molecule has 5 aromatic rings. The molecule has 2 amide bonds. The zero-order valence-electron chi connectivity index (χ0n) is 27.7. The van der Waals surface area contributed by atoms with Gasteiger partial charge in [0, 0.05) is 36.8 Å². The van der Waals surface area contributed by atoms with Crippen LogP contribution in [0.1, 0.15) is 32.0 Å². The van der Waals surface area contributed by atoms with Gasteiger partial charge in [-0.2, -0.15) is 0 Å². The van der Waals surface area contributed by atoms with Crippen molar-refractivity contribution in [1.82, 2.24) is 9.88 Å². The van der Waals surface area contributed by atoms with E-state index in [2.05, 4.69) is 48.3 Å². The van der Waals surface area contributed by atoms with Crippen molar-refractivity contribution in [3.05, 3.63) is 94.0 Å². The number of morpholine rings is 1. The molecule has 0 spiro atoms. The van der Waals surface area contributed by atoms with E-state index in [1.54, 1.807) is 18.2 Å². The number of methoxy groups -OCH3 is 1. The number of nitrogens with zero attached hydrogens (tertiary/aromatic N) is 2. The largest absolute Gasteiger partial charge is 0.492 e. The Balaban J connectivity index is 1.26. The van der Waals surface area contributed by atoms with Crippen molar-refractivity contribution >= 4 is 71.2 Å². The average Bonchev–Trinajstić information content (AvgIpc) is 3.52. The van der Waals surface area contributed by atoms with E-state index in [-0.39, 0.29) is 21.1 Å². The average molecular weight is 765 g/mol. The number of thiophene rings is 1. The molecule has 0 saturated carbocycles. The van der Waals surface area contributed by atoms with Gasteiger partial charge in [0.05, 0.1) is 46.9 Å². The summed E-state index contributed by atoms with van der Waals surface area (Å²) in [7, 11) is -2.49. The van der Waals surface area contributed by atoms with Crippen LogP contribution in [-0.4, -0.2) is 57.7 Å². The monoisotopic (exact) mass is 763 g/mol. The third-order valence-electron chi connectivity index (χ3n) is 8.26. The van der Waals surface area contributed by atoms with Crippen LogP contribution in [0.3, 0.4) is 0 Å². The fourth-order valence-electron chi connectivity index (χ4n) is 5.69. The van der Waals surface area contributed by atoms with Crippen LogP contribution in [0.25, 0.3) is 21.9 Å². The number of pyridine rings is 1. The van der Waals surface area contributed by atoms with Crippen LogP contribution in [0.4, 0.5) is 21.9 Å². The highest BCUT2D eigenvalue weighted by Crippen LogP contribution is 2.41. The van der Waals surface area contributed by atoms with Gasteiger partial charge in [-0.3, -0.25) is 14.6 Å². The maximum absolute atomic E-state index is 13.6. The second-order valence-corrected chi connectivity index (χ2v) is 17.1. The smallest absolute Gasteiger partial charge is 0.323 e. The Hall–Kier alpha value is -4.01. The molecular weight excluding hydrogens is 726 g/mol. The van der Waals surface area contributed by atoms with Crippen LogP contribution in [0.2, 0.25) is 0 Å². The van der Waals surface area contributed by atoms with Crippen molar-refractivity contribution in [3.8, 4) is 16.9 Å². The van der Waals surface area contributed by atoms with Crippen molar-refractivity contribution in [3.63, 3.8) is 0 Å². The van der Waals surface area contributed by atoms with E-state index in [4.69, 9.17) is 14.5 Å². The number of ether oxygens (including phenoxy) is 2. The highest BCUT2D eigenvalue weighted by molar-refractivity contribution is 9.11. The first-order valence-corrected chi connectivity index (χ1v) is 18.9. The number of urea groups is 1. The first-order valence-electron chi connectivity index (χ1n) is 15.8. The standard InChI is InChI=1S/C36H38BrN5O5S2/c1-36(2,3)24-19-30(34(46-4)31(20-24)41-49(44,45)33-14-13-32(37)48-33)40-35(43)39-29-12-11-26(27-7-5-6-8-28(27)29)23-9-10-25(38-21-23)22-42-15-17-47-18-16-42/h5-14,19-21,41H,15-18,22H2,1-4H3,(H2,39,40,43). The molecule has 3 N–H and O–H groups in total. The van der Waals surface area contributed by atoms with Gasteiger partial charge in [-0.1, -0.05) is 57.2 Å². The summed E-state index contributed by atoms with van der Waals surface area (Å²) >= 11 is 4.43. The molecule has 49 heavy (non-hydrogen) atoms. The summed E-state index contributed by atoms with van der Waals surface area (Å²) in [5.41, 5.74) is 4.57. The van der Waals surface area contributed by atoms with Gasteiger partial charge in [-0.25, -0.2) is 13.2 Å². The normalized spacial score (nSPS) is 14.1. The zero-order valence-corrected chi connectivity index (χ0v) is 30.9. The number of aromatic nitrogens is 1. The summed E-state index contributed by atoms with van der Waals surface area (Å²) in [5.74, 6) is 0.187. The van der Waals surface area contributed by atoms with E-state index < -0.39 is 16.1 Å². The molecule has 0 bridgehead atoms. The quantitative estimate of drug-likeness (QED) is 0.138. The number of carbonyl (C=O) groups is 1. The molecule has 3 aromatic carbocycles. The molecule has 1 fully saturated rings. The van der Waals surface area contributed by atoms with Gasteiger partial charge < -0.3 is 20.1 Å². The molecule has 1 saturated heterocycles. The number of fused-ring (bicyclic) bond motifs is 1. The molecule has 1 aliphatic rings. The van der Waals surface area contributed by atoms with Crippen LogP contribution in [0.15, 0.2) is 87.0 Å². The minimum atomic E-state index is -3.92. The predicted molar refractivity (Wildman–Crippen MR) is 200 cm³/mol. The molecule has 13 heteroatoms. The van der Waals surface area contributed by atoms with Gasteiger partial charge in [0.2, 0.25) is 0 Å². The minimum Gasteiger partial charge on any atom is -0.492 e. The van der Waals surface area contributed by atoms with Gasteiger partial charge in [0.15, 0.2) is 5.75 Å². The van der Waals surface area contributed by atoms with E-state index in [0.29, 0.717) is 15.2 Å². The van der Waals surface area contributed by atoms with Crippen molar-refractivity contribution in [2.45, 2.75) is 36.9 Å². The maximum atomic E-state index is 13.6. The molecule has 0 unspecified atom stereocenters. The lowest BCUT2D eigenvalue weighted by Crippen LogP contribution is -2.35. The number of amides is 2. The van der Waals surface area contributed by atoms with Crippen molar-refractivity contribution in [1.29, 1.82) is 0 Å². The Morgan fingerprint density at radius 2 is 1.67 bits per heavy atom. The molecule has 0 atom stereocenters. The van der Waals surface area contributed by atoms with Crippen molar-refractivity contribution in [2.24, 2.45) is 0 Å². The van der Waals surface area contributed by atoms with E-state index in [0.717, 1.165) is 77.3 Å². The summed E-state index contributed by atoms with van der Waals surface area (Å²) in [6.07, 6.45) is 1.90. The lowest BCUT2D eigenvalue weighted by atomic mass is 9.86. The van der Waals surface area contributed by atoms with Gasteiger partial charge in [0.1, 0.15) is 4.21 Å². The zero-order chi connectivity index (χ0) is 34.8. The van der Waals surface area contributed by atoms with Crippen molar-refractivity contribution < 1.29 is 22.7 Å². The first-order chi connectivity index (χ1) is 23.4. The Kier molecular flexibility index (Phi) is 10.3. The van der Waals surface area contributed by atoms with Crippen LogP contribution < -0.4 is 20.1 Å². The summed E-state index contributed by atoms with van der Waals surface area (Å²) < 4.78 is 41.2. The van der Waals surface area contributed by atoms with Gasteiger partial charge in [-0.05, 0) is 74.3 Å². The van der Waals surface area contributed by atoms with Crippen molar-refractivity contribution in [2.75, 3.05) is 48.8 Å². The number of rotatable bonds is 9. The number of hydrogen-bond donors (Lipinski definition) is 3. The molecule has 3 heterocycles. The first kappa shape index (κ1) is 34.8. The minimum absolute atomic E-state index is 0.143. The van der Waals surface area contributed by atoms with E-state index in [1.165, 1.54) is 13.2 Å². The third kappa shape index (κ3) is 8.08. The topological polar surface area (TPSA) is 122 Å². The van der Waals surface area contributed by atoms with Gasteiger partial charge in [0.25, 0.3) is 10.0 Å². The third-order valence-corrected chi connectivity index (χ3v) is 11.7. The van der Waals surface area contributed by atoms with Crippen LogP contribution in [0.5, 0.6) is 5.75 Å². The highest BCUT2D eigenvalue weighted by Gasteiger charge is 2.25. The Bertz CT molecular complexity index is 2090. The molecule has 0 aliphatic carbocycles. The Labute approximate surface area is 299 Å². The summed E-state index contributed by atoms with van der Waals surface area (Å²) in [6.45, 7) is 10.1. The highest BCUT2D eigenvalue weighted by atomic mass is 79.9. The summed E-state index contributed by atoms with van der Waals surface area (Å²) in [5, 5.41) is 7.72. The second-order valence-electron chi connectivity index (χ2n) is 12.7. The fraction of sp³-hybridized carbons (Fsp3) is 0.278. The predicted octanol–water partition coefficient (Wildman–Crippen LogP) is 8.31. The second kappa shape index (κ2) is 14.5. The van der Waals surface area contributed by atoms with Crippen LogP contribution in [-0.2, 0) is 26.7 Å². The van der Waals surface area contributed by atoms with Crippen LogP contribution >= 0.6 is 27.3 Å². The van der Waals surface area contributed by atoms with Gasteiger partial charge >= 0.3 is 6.03 Å². The number of anilines is 3.